The Hall–Kier alpha value is -2.13. The lowest BCUT2D eigenvalue weighted by molar-refractivity contribution is -0.138. The average Bonchev–Trinajstić information content (AvgIpc) is 2.91. The molecule has 0 spiro atoms. The van der Waals surface area contributed by atoms with Crippen molar-refractivity contribution in [1.29, 1.82) is 0 Å². The van der Waals surface area contributed by atoms with Gasteiger partial charge in [0.05, 0.1) is 70.8 Å². The summed E-state index contributed by atoms with van der Waals surface area (Å²) < 4.78 is 9.29. The van der Waals surface area contributed by atoms with Crippen LogP contribution in [0.3, 0.4) is 0 Å². The van der Waals surface area contributed by atoms with E-state index in [2.05, 4.69) is 11.3 Å². The molecule has 0 aliphatic heterocycles. The highest BCUT2D eigenvalue weighted by Gasteiger charge is 2.32. The monoisotopic (exact) mass is 542 g/mol. The quantitative estimate of drug-likeness (QED) is 0.0554. The number of methoxy groups -OCH3 is 1. The number of rotatable bonds is 20. The Labute approximate surface area is 218 Å². The first-order valence-electron chi connectivity index (χ1n) is 11.9. The summed E-state index contributed by atoms with van der Waals surface area (Å²) in [4.78, 5) is 30.1. The summed E-state index contributed by atoms with van der Waals surface area (Å²) in [5.74, 6) is -1.87. The maximum atomic E-state index is 10.1. The predicted molar refractivity (Wildman–Crippen MR) is 133 cm³/mol. The van der Waals surface area contributed by atoms with Crippen molar-refractivity contribution in [3.8, 4) is 0 Å². The first-order valence-corrected chi connectivity index (χ1v) is 11.9. The van der Waals surface area contributed by atoms with Crippen molar-refractivity contribution in [2.45, 2.75) is 51.4 Å². The van der Waals surface area contributed by atoms with Gasteiger partial charge in [-0.3, -0.25) is 9.59 Å². The first kappa shape index (κ1) is 39.4. The highest BCUT2D eigenvalue weighted by Crippen LogP contribution is 2.19. The van der Waals surface area contributed by atoms with Gasteiger partial charge in [-0.15, -0.1) is 0 Å². The van der Waals surface area contributed by atoms with E-state index < -0.39 is 68.4 Å². The molecule has 0 aromatic rings. The van der Waals surface area contributed by atoms with Crippen LogP contribution in [-0.2, 0) is 23.9 Å². The number of aliphatic hydroxyl groups excluding tert-OH is 6. The Balaban J connectivity index is -0.000000519. The molecular formula is C24H46O13. The van der Waals surface area contributed by atoms with Gasteiger partial charge in [0.15, 0.2) is 0 Å². The lowest BCUT2D eigenvalue weighted by atomic mass is 9.91. The smallest absolute Gasteiger partial charge is 0.329 e. The molecule has 0 radical (unpaired) electrons. The second-order valence-electron chi connectivity index (χ2n) is 8.58. The third kappa shape index (κ3) is 22.8. The zero-order valence-corrected chi connectivity index (χ0v) is 21.7. The SMILES string of the molecule is C=CC(=O)OC.O=C(O)CCCCCCCCC(=O)O.OCC(CO)(CO)COCC(CO)(CO)CO. The third-order valence-corrected chi connectivity index (χ3v) is 5.23. The minimum Gasteiger partial charge on any atom is -0.481 e. The molecule has 13 heteroatoms. The Kier molecular flexibility index (Phi) is 27.2. The van der Waals surface area contributed by atoms with Crippen LogP contribution in [0.4, 0.5) is 0 Å². The van der Waals surface area contributed by atoms with Crippen LogP contribution in [0, 0.1) is 10.8 Å². The maximum absolute atomic E-state index is 10.1. The van der Waals surface area contributed by atoms with Crippen molar-refractivity contribution >= 4 is 17.9 Å². The summed E-state index contributed by atoms with van der Waals surface area (Å²) in [5, 5.41) is 70.9. The van der Waals surface area contributed by atoms with Gasteiger partial charge < -0.3 is 50.3 Å². The van der Waals surface area contributed by atoms with Gasteiger partial charge in [0.25, 0.3) is 0 Å². The average molecular weight is 543 g/mol. The van der Waals surface area contributed by atoms with Crippen molar-refractivity contribution in [2.75, 3.05) is 60.0 Å². The van der Waals surface area contributed by atoms with E-state index in [1.807, 2.05) is 0 Å². The van der Waals surface area contributed by atoms with Gasteiger partial charge in [-0.2, -0.15) is 0 Å². The topological polar surface area (TPSA) is 232 Å². The van der Waals surface area contributed by atoms with E-state index >= 15 is 0 Å². The number of hydrogen-bond donors (Lipinski definition) is 8. The Bertz CT molecular complexity index is 531. The molecule has 0 bridgehead atoms. The summed E-state index contributed by atoms with van der Waals surface area (Å²) in [6.07, 6.45) is 6.94. The van der Waals surface area contributed by atoms with Crippen LogP contribution in [0.1, 0.15) is 51.4 Å². The van der Waals surface area contributed by atoms with E-state index in [0.717, 1.165) is 44.6 Å². The van der Waals surface area contributed by atoms with E-state index in [-0.39, 0.29) is 26.1 Å². The fraction of sp³-hybridized carbons (Fsp3) is 0.792. The number of unbranched alkanes of at least 4 members (excludes halogenated alkanes) is 5. The highest BCUT2D eigenvalue weighted by atomic mass is 16.5. The molecule has 220 valence electrons. The van der Waals surface area contributed by atoms with Crippen LogP contribution >= 0.6 is 0 Å². The summed E-state index contributed by atoms with van der Waals surface area (Å²) in [7, 11) is 1.31. The summed E-state index contributed by atoms with van der Waals surface area (Å²) in [6.45, 7) is 0.152. The molecule has 0 amide bonds. The highest BCUT2D eigenvalue weighted by molar-refractivity contribution is 5.80. The Morgan fingerprint density at radius 1 is 0.649 bits per heavy atom. The molecule has 0 unspecified atom stereocenters. The van der Waals surface area contributed by atoms with Crippen molar-refractivity contribution in [2.24, 2.45) is 10.8 Å². The van der Waals surface area contributed by atoms with Crippen LogP contribution in [0.25, 0.3) is 0 Å². The van der Waals surface area contributed by atoms with Gasteiger partial charge >= 0.3 is 17.9 Å². The van der Waals surface area contributed by atoms with Gasteiger partial charge in [-0.05, 0) is 12.8 Å². The van der Waals surface area contributed by atoms with Crippen LogP contribution in [-0.4, -0.2) is 119 Å². The molecule has 0 aliphatic carbocycles. The van der Waals surface area contributed by atoms with Gasteiger partial charge in [0, 0.05) is 18.9 Å². The summed E-state index contributed by atoms with van der Waals surface area (Å²) >= 11 is 0. The zero-order valence-electron chi connectivity index (χ0n) is 21.7. The molecule has 0 aromatic heterocycles. The van der Waals surface area contributed by atoms with Crippen molar-refractivity contribution in [1.82, 2.24) is 0 Å². The van der Waals surface area contributed by atoms with E-state index in [4.69, 9.17) is 45.6 Å². The molecule has 0 saturated heterocycles. The first-order chi connectivity index (χ1) is 17.5. The number of aliphatic hydroxyl groups is 6. The third-order valence-electron chi connectivity index (χ3n) is 5.23. The van der Waals surface area contributed by atoms with Crippen molar-refractivity contribution in [3.05, 3.63) is 12.7 Å². The van der Waals surface area contributed by atoms with E-state index in [1.54, 1.807) is 0 Å². The van der Waals surface area contributed by atoms with Gasteiger partial charge in [-0.25, -0.2) is 4.79 Å². The fourth-order valence-electron chi connectivity index (χ4n) is 2.40. The second kappa shape index (κ2) is 25.5. The number of carbonyl (C=O) groups is 3. The summed E-state index contributed by atoms with van der Waals surface area (Å²) in [5.41, 5.74) is -2.32. The predicted octanol–water partition coefficient (Wildman–Crippen LogP) is -0.449. The molecular weight excluding hydrogens is 496 g/mol. The Morgan fingerprint density at radius 2 is 0.946 bits per heavy atom. The Morgan fingerprint density at radius 3 is 1.14 bits per heavy atom. The number of carboxylic acid groups (broad SMARTS) is 2. The van der Waals surface area contributed by atoms with Crippen LogP contribution in [0.15, 0.2) is 12.7 Å². The molecule has 0 aliphatic rings. The molecule has 8 N–H and O–H groups in total. The zero-order chi connectivity index (χ0) is 29.2. The summed E-state index contributed by atoms with van der Waals surface area (Å²) in [6, 6.07) is 0. The second-order valence-corrected chi connectivity index (χ2v) is 8.58. The van der Waals surface area contributed by atoms with Crippen LogP contribution in [0.2, 0.25) is 0 Å². The minimum atomic E-state index is -1.16. The molecule has 13 nitrogen and oxygen atoms in total. The lowest BCUT2D eigenvalue weighted by Gasteiger charge is -2.31. The van der Waals surface area contributed by atoms with Crippen molar-refractivity contribution < 1.29 is 64.7 Å². The van der Waals surface area contributed by atoms with Gasteiger partial charge in [-0.1, -0.05) is 32.3 Å². The molecule has 0 heterocycles. The number of carbonyl (C=O) groups excluding carboxylic acids is 1. The van der Waals surface area contributed by atoms with Crippen LogP contribution in [0.5, 0.6) is 0 Å². The van der Waals surface area contributed by atoms with E-state index in [0.29, 0.717) is 0 Å². The van der Waals surface area contributed by atoms with Crippen LogP contribution < -0.4 is 0 Å². The maximum Gasteiger partial charge on any atom is 0.329 e. The van der Waals surface area contributed by atoms with Gasteiger partial charge in [0.1, 0.15) is 0 Å². The minimum absolute atomic E-state index is 0.141. The van der Waals surface area contributed by atoms with Crippen molar-refractivity contribution in [3.63, 3.8) is 0 Å². The molecule has 0 fully saturated rings. The standard InChI is InChI=1S/C10H22O7.C10H18O4.C4H6O2/c11-1-9(2-12,3-13)7-17-8-10(4-14,5-15)6-16;11-9(12)7-5-3-1-2-4-6-8-10(13)14;1-3-4(5)6-2/h11-16H,1-8H2;1-8H2,(H,11,12)(H,13,14);3H,1H2,2H3. The van der Waals surface area contributed by atoms with E-state index in [9.17, 15) is 14.4 Å². The number of esters is 1. The molecule has 0 saturated carbocycles. The number of aliphatic carboxylic acids is 2. The number of hydrogen-bond acceptors (Lipinski definition) is 11. The van der Waals surface area contributed by atoms with Gasteiger partial charge in [0.2, 0.25) is 0 Å². The number of carboxylic acids is 2. The number of ether oxygens (including phenoxy) is 2. The molecule has 0 aromatic carbocycles. The molecule has 37 heavy (non-hydrogen) atoms. The lowest BCUT2D eigenvalue weighted by Crippen LogP contribution is -2.43. The molecule has 0 rings (SSSR count). The fourth-order valence-corrected chi connectivity index (χ4v) is 2.40. The largest absolute Gasteiger partial charge is 0.481 e. The normalized spacial score (nSPS) is 10.9. The van der Waals surface area contributed by atoms with E-state index in [1.165, 1.54) is 7.11 Å². The molecule has 0 atom stereocenters.